The van der Waals surface area contributed by atoms with Crippen LogP contribution in [0, 0.1) is 11.3 Å². The lowest BCUT2D eigenvalue weighted by Gasteiger charge is -2.44. The van der Waals surface area contributed by atoms with Crippen LogP contribution in [0.1, 0.15) is 109 Å². The third-order valence-corrected chi connectivity index (χ3v) is 18.0. The molecule has 0 aromatic heterocycles. The highest BCUT2D eigenvalue weighted by Crippen LogP contribution is 2.52. The summed E-state index contributed by atoms with van der Waals surface area (Å²) in [6, 6.07) is 6.18. The molecular weight excluding hydrogens is 1070 g/mol. The first-order valence-corrected chi connectivity index (χ1v) is 29.3. The maximum Gasteiger partial charge on any atom is 0.246 e. The summed E-state index contributed by atoms with van der Waals surface area (Å²) < 4.78 is -0.734. The number of primary amides is 3. The molecule has 2 heterocycles. The number of aromatic hydroxyl groups is 1. The Bertz CT molecular complexity index is 2560. The summed E-state index contributed by atoms with van der Waals surface area (Å²) in [6.45, 7) is 6.18. The Morgan fingerprint density at radius 3 is 2.04 bits per heavy atom. The molecule has 0 unspecified atom stereocenters. The van der Waals surface area contributed by atoms with E-state index in [1.165, 1.54) is 38.6 Å². The molecule has 80 heavy (non-hydrogen) atoms. The Kier molecular flexibility index (Phi) is 24.0. The number of nitrogens with one attached hydrogen (secondary N) is 6. The average Bonchev–Trinajstić information content (AvgIpc) is 3.89. The largest absolute Gasteiger partial charge is 0.508 e. The first-order chi connectivity index (χ1) is 37.8. The summed E-state index contributed by atoms with van der Waals surface area (Å²) >= 11 is 0. The van der Waals surface area contributed by atoms with Gasteiger partial charge in [0.2, 0.25) is 53.2 Å². The molecule has 17 N–H and O–H groups in total. The summed E-state index contributed by atoms with van der Waals surface area (Å²) in [7, 11) is 2.65. The number of benzene rings is 2. The van der Waals surface area contributed by atoms with E-state index in [-0.39, 0.29) is 86.7 Å². The molecule has 9 amide bonds. The molecule has 2 aromatic carbocycles. The molecule has 438 valence electrons. The van der Waals surface area contributed by atoms with Gasteiger partial charge in [-0.2, -0.15) is 0 Å². The number of hydrogen-bond acceptors (Lipinski definition) is 15. The van der Waals surface area contributed by atoms with E-state index in [0.29, 0.717) is 36.3 Å². The van der Waals surface area contributed by atoms with Crippen LogP contribution in [0.2, 0.25) is 0 Å². The van der Waals surface area contributed by atoms with Crippen LogP contribution in [0.3, 0.4) is 0 Å². The maximum atomic E-state index is 15.3. The Labute approximate surface area is 474 Å². The number of Topliss-reactive ketones (excluding diaryl/α,β-unsaturated/α-hetero) is 1. The second kappa shape index (κ2) is 30.0. The van der Waals surface area contributed by atoms with Crippen molar-refractivity contribution in [3.63, 3.8) is 0 Å². The molecule has 5 rings (SSSR count). The van der Waals surface area contributed by atoms with E-state index in [2.05, 4.69) is 57.7 Å². The summed E-state index contributed by atoms with van der Waals surface area (Å²) in [5, 5.41) is 26.6. The molecule has 2 saturated heterocycles. The quantitative estimate of drug-likeness (QED) is 0.0367. The molecule has 2 aliphatic heterocycles. The number of carbonyl (C=O) groups is 10. The highest BCUT2D eigenvalue weighted by atomic mass is 33.1. The lowest BCUT2D eigenvalue weighted by molar-refractivity contribution is -0.142. The van der Waals surface area contributed by atoms with E-state index in [0.717, 1.165) is 12.8 Å². The minimum atomic E-state index is -1.72. The lowest BCUT2D eigenvalue weighted by Crippen LogP contribution is -2.61. The molecular formula is C54H79N13O11S2. The van der Waals surface area contributed by atoms with Crippen molar-refractivity contribution in [1.29, 1.82) is 0 Å². The number of nitrogens with zero attached hydrogens (tertiary/aromatic N) is 2. The van der Waals surface area contributed by atoms with Crippen LogP contribution in [0.5, 0.6) is 5.75 Å². The van der Waals surface area contributed by atoms with Crippen LogP contribution in [0.15, 0.2) is 59.6 Å². The number of hydrogen-bond donors (Lipinski definition) is 12. The Balaban J connectivity index is 1.57. The number of phenols is 1. The van der Waals surface area contributed by atoms with Crippen molar-refractivity contribution in [2.45, 2.75) is 158 Å². The number of phenolic OH excluding ortho intramolecular Hbond substituents is 1. The Morgan fingerprint density at radius 1 is 0.787 bits per heavy atom. The predicted octanol–water partition coefficient (Wildman–Crippen LogP) is -0.440. The first-order valence-electron chi connectivity index (χ1n) is 26.9. The van der Waals surface area contributed by atoms with Crippen LogP contribution < -0.4 is 60.6 Å². The maximum absolute atomic E-state index is 15.3. The zero-order valence-corrected chi connectivity index (χ0v) is 47.3. The van der Waals surface area contributed by atoms with E-state index < -0.39 is 120 Å². The molecule has 3 fully saturated rings. The number of amides is 9. The van der Waals surface area contributed by atoms with Crippen LogP contribution in [0.25, 0.3) is 0 Å². The van der Waals surface area contributed by atoms with Gasteiger partial charge in [0, 0.05) is 36.4 Å². The summed E-state index contributed by atoms with van der Waals surface area (Å²) in [4.78, 5) is 143. The summed E-state index contributed by atoms with van der Waals surface area (Å²) in [6.07, 6.45) is 2.14. The van der Waals surface area contributed by atoms with E-state index >= 15 is 9.59 Å². The van der Waals surface area contributed by atoms with Gasteiger partial charge in [0.25, 0.3) is 0 Å². The van der Waals surface area contributed by atoms with E-state index in [1.807, 2.05) is 18.2 Å². The number of nitrogens with two attached hydrogens (primary N) is 5. The van der Waals surface area contributed by atoms with Gasteiger partial charge in [-0.15, -0.1) is 0 Å². The fourth-order valence-electron chi connectivity index (χ4n) is 10.2. The number of rotatable bonds is 19. The first kappa shape index (κ1) is 63.9. The SMILES string of the molecule is CC(C)(C)C1CCC2(CC1)CC(=O)[C@H](Cc1ccc(O)cc1)N[C@@H](Cc1ccccc1)C(=O)N[C@@H](CCC(N)=O)C(=O)N[C@@H](CC(N)=O)C(=O)N[C@H](C(=O)N1CCC[C@H]1C(=O)N[C@@H](CCCN=C(N)N)C(=O)NCC(N)=O)CSS2. The van der Waals surface area contributed by atoms with Gasteiger partial charge in [0.1, 0.15) is 36.0 Å². The van der Waals surface area contributed by atoms with E-state index in [1.54, 1.807) is 24.3 Å². The van der Waals surface area contributed by atoms with Crippen molar-refractivity contribution in [2.75, 3.05) is 25.4 Å². The molecule has 26 heteroatoms. The zero-order valence-electron chi connectivity index (χ0n) is 45.7. The highest BCUT2D eigenvalue weighted by Gasteiger charge is 2.45. The topological polar surface area (TPSA) is 409 Å². The molecule has 7 atom stereocenters. The molecule has 1 spiro atoms. The van der Waals surface area contributed by atoms with Gasteiger partial charge in [-0.1, -0.05) is 84.8 Å². The summed E-state index contributed by atoms with van der Waals surface area (Å²) in [5.74, 6) is -7.73. The molecule has 24 nitrogen and oxygen atoms in total. The molecule has 0 bridgehead atoms. The van der Waals surface area contributed by atoms with Crippen LogP contribution >= 0.6 is 21.6 Å². The van der Waals surface area contributed by atoms with Crippen molar-refractivity contribution in [2.24, 2.45) is 45.0 Å². The summed E-state index contributed by atoms with van der Waals surface area (Å²) in [5.41, 5.74) is 28.7. The predicted molar refractivity (Wildman–Crippen MR) is 303 cm³/mol. The minimum absolute atomic E-state index is 0.0144. The van der Waals surface area contributed by atoms with Gasteiger partial charge < -0.3 is 65.3 Å². The zero-order chi connectivity index (χ0) is 58.7. The second-order valence-corrected chi connectivity index (χ2v) is 24.7. The highest BCUT2D eigenvalue weighted by molar-refractivity contribution is 8.77. The Hall–Kier alpha value is -6.93. The van der Waals surface area contributed by atoms with E-state index in [9.17, 15) is 43.5 Å². The fraction of sp³-hybridized carbons (Fsp3) is 0.574. The molecule has 2 aromatic rings. The van der Waals surface area contributed by atoms with Gasteiger partial charge >= 0.3 is 0 Å². The fourth-order valence-corrected chi connectivity index (χ4v) is 13.5. The number of carbonyl (C=O) groups excluding carboxylic acids is 10. The monoisotopic (exact) mass is 1150 g/mol. The number of ketones is 1. The van der Waals surface area contributed by atoms with E-state index in [4.69, 9.17) is 28.7 Å². The van der Waals surface area contributed by atoms with Crippen LogP contribution in [0.4, 0.5) is 0 Å². The lowest BCUT2D eigenvalue weighted by atomic mass is 9.68. The number of aliphatic imine (C=N–C) groups is 1. The standard InChI is InChI=1S/C54H79N13O11S2/c1-53(2,3)33-19-21-54(22-20-33)28-42(69)37(25-32-13-15-34(68)16-14-32)62-38(26-31-9-5-4-6-10-31)48(75)63-36(17-18-43(55)70)47(74)65-39(27-44(56)71)49(76)66-40(30-79-80-54)51(78)67-24-8-12-41(67)50(77)64-35(11-7-23-60-52(58)59)46(73)61-29-45(57)72/h4-6,9-10,13-16,33,35-41,62,68H,7-8,11-12,17-30H2,1-3H3,(H2,55,70)(H2,56,71)(H2,57,72)(H,61,73)(H,63,75)(H,64,77)(H,65,74)(H,66,76)(H4,58,59,60)/t33?,35-,36-,37-,38-,39-,40-,41-,54?/m0/s1. The normalized spacial score (nSPS) is 24.9. The van der Waals surface area contributed by atoms with Crippen molar-refractivity contribution in [3.8, 4) is 5.75 Å². The van der Waals surface area contributed by atoms with Crippen molar-refractivity contribution in [1.82, 2.24) is 36.8 Å². The molecule has 1 aliphatic carbocycles. The number of likely N-dealkylation sites (tertiary alicyclic amines) is 1. The van der Waals surface area contributed by atoms with Gasteiger partial charge in [0.05, 0.1) is 25.0 Å². The molecule has 3 aliphatic rings. The minimum Gasteiger partial charge on any atom is -0.508 e. The van der Waals surface area contributed by atoms with Crippen molar-refractivity contribution in [3.05, 3.63) is 65.7 Å². The smallest absolute Gasteiger partial charge is 0.246 e. The average molecular weight is 1150 g/mol. The van der Waals surface area contributed by atoms with Gasteiger partial charge in [-0.05, 0) is 105 Å². The Morgan fingerprint density at radius 2 is 1.41 bits per heavy atom. The molecule has 1 saturated carbocycles. The number of guanidine groups is 1. The van der Waals surface area contributed by atoms with Gasteiger partial charge in [-0.25, -0.2) is 0 Å². The second-order valence-electron chi connectivity index (χ2n) is 21.9. The van der Waals surface area contributed by atoms with Crippen molar-refractivity contribution >= 4 is 86.5 Å². The molecule has 0 radical (unpaired) electrons. The van der Waals surface area contributed by atoms with Crippen LogP contribution in [-0.4, -0.2) is 147 Å². The van der Waals surface area contributed by atoms with Gasteiger partial charge in [-0.3, -0.25) is 58.3 Å². The van der Waals surface area contributed by atoms with Gasteiger partial charge in [0.15, 0.2) is 11.7 Å². The third-order valence-electron chi connectivity index (χ3n) is 14.7. The third kappa shape index (κ3) is 20.0. The van der Waals surface area contributed by atoms with Crippen molar-refractivity contribution < 1.29 is 53.1 Å². The van der Waals surface area contributed by atoms with Crippen LogP contribution in [-0.2, 0) is 60.8 Å².